The standard InChI is InChI=1S/C13H19NS/c1-2-14(10-6-7-11-15)12-13-8-4-3-5-9-13/h3-9,15H,2,10-12H2,1H3. The molecule has 1 aromatic rings. The Morgan fingerprint density at radius 3 is 2.53 bits per heavy atom. The Balaban J connectivity index is 2.43. The summed E-state index contributed by atoms with van der Waals surface area (Å²) in [5.41, 5.74) is 1.37. The summed E-state index contributed by atoms with van der Waals surface area (Å²) < 4.78 is 0. The number of benzene rings is 1. The molecule has 0 fully saturated rings. The van der Waals surface area contributed by atoms with Crippen molar-refractivity contribution in [1.82, 2.24) is 4.90 Å². The van der Waals surface area contributed by atoms with Gasteiger partial charge in [-0.3, -0.25) is 4.90 Å². The molecule has 0 aliphatic rings. The Hall–Kier alpha value is -0.730. The maximum absolute atomic E-state index is 4.15. The number of rotatable bonds is 6. The molecule has 1 rings (SSSR count). The normalized spacial score (nSPS) is 11.4. The van der Waals surface area contributed by atoms with Gasteiger partial charge in [-0.25, -0.2) is 0 Å². The highest BCUT2D eigenvalue weighted by molar-refractivity contribution is 7.80. The number of thiol groups is 1. The van der Waals surface area contributed by atoms with Crippen LogP contribution in [0.25, 0.3) is 0 Å². The van der Waals surface area contributed by atoms with E-state index in [0.717, 1.165) is 25.4 Å². The van der Waals surface area contributed by atoms with Crippen LogP contribution in [-0.2, 0) is 6.54 Å². The van der Waals surface area contributed by atoms with E-state index in [4.69, 9.17) is 0 Å². The monoisotopic (exact) mass is 221 g/mol. The topological polar surface area (TPSA) is 3.24 Å². The van der Waals surface area contributed by atoms with Gasteiger partial charge in [0.1, 0.15) is 0 Å². The molecule has 0 spiro atoms. The lowest BCUT2D eigenvalue weighted by molar-refractivity contribution is 0.311. The quantitative estimate of drug-likeness (QED) is 0.571. The van der Waals surface area contributed by atoms with Gasteiger partial charge in [0, 0.05) is 18.8 Å². The van der Waals surface area contributed by atoms with E-state index in [1.165, 1.54) is 5.56 Å². The molecule has 0 atom stereocenters. The third-order valence-electron chi connectivity index (χ3n) is 2.33. The fraction of sp³-hybridized carbons (Fsp3) is 0.385. The van der Waals surface area contributed by atoms with Crippen LogP contribution in [0.1, 0.15) is 12.5 Å². The molecule has 0 unspecified atom stereocenters. The smallest absolute Gasteiger partial charge is 0.0236 e. The van der Waals surface area contributed by atoms with Crippen LogP contribution in [0.15, 0.2) is 42.5 Å². The van der Waals surface area contributed by atoms with Gasteiger partial charge in [-0.1, -0.05) is 49.4 Å². The zero-order valence-electron chi connectivity index (χ0n) is 9.26. The lowest BCUT2D eigenvalue weighted by Crippen LogP contribution is -2.22. The predicted octanol–water partition coefficient (Wildman–Crippen LogP) is 2.99. The van der Waals surface area contributed by atoms with Gasteiger partial charge in [0.15, 0.2) is 0 Å². The lowest BCUT2D eigenvalue weighted by Gasteiger charge is -2.18. The summed E-state index contributed by atoms with van der Waals surface area (Å²) in [7, 11) is 0. The van der Waals surface area contributed by atoms with Crippen molar-refractivity contribution in [2.24, 2.45) is 0 Å². The van der Waals surface area contributed by atoms with E-state index in [9.17, 15) is 0 Å². The summed E-state index contributed by atoms with van der Waals surface area (Å²) >= 11 is 4.15. The van der Waals surface area contributed by atoms with Crippen molar-refractivity contribution < 1.29 is 0 Å². The second-order valence-corrected chi connectivity index (χ2v) is 3.83. The molecule has 0 aromatic heterocycles. The van der Waals surface area contributed by atoms with Crippen LogP contribution in [0.3, 0.4) is 0 Å². The molecule has 0 radical (unpaired) electrons. The molecule has 0 heterocycles. The van der Waals surface area contributed by atoms with Gasteiger partial charge in [-0.15, -0.1) is 0 Å². The second kappa shape index (κ2) is 7.55. The predicted molar refractivity (Wildman–Crippen MR) is 70.4 cm³/mol. The van der Waals surface area contributed by atoms with Crippen LogP contribution >= 0.6 is 12.6 Å². The number of hydrogen-bond donors (Lipinski definition) is 1. The van der Waals surface area contributed by atoms with Crippen molar-refractivity contribution in [1.29, 1.82) is 0 Å². The highest BCUT2D eigenvalue weighted by atomic mass is 32.1. The number of likely N-dealkylation sites (N-methyl/N-ethyl adjacent to an activating group) is 1. The van der Waals surface area contributed by atoms with E-state index < -0.39 is 0 Å². The molecule has 0 aliphatic heterocycles. The highest BCUT2D eigenvalue weighted by Gasteiger charge is 2.00. The van der Waals surface area contributed by atoms with Crippen LogP contribution in [0.2, 0.25) is 0 Å². The molecule has 0 bridgehead atoms. The van der Waals surface area contributed by atoms with E-state index in [0.29, 0.717) is 0 Å². The van der Waals surface area contributed by atoms with Crippen molar-refractivity contribution in [2.75, 3.05) is 18.8 Å². The maximum Gasteiger partial charge on any atom is 0.0236 e. The maximum atomic E-state index is 4.15. The number of hydrogen-bond acceptors (Lipinski definition) is 2. The van der Waals surface area contributed by atoms with E-state index in [1.54, 1.807) is 0 Å². The minimum absolute atomic E-state index is 0.822. The van der Waals surface area contributed by atoms with Gasteiger partial charge >= 0.3 is 0 Å². The molecule has 1 nitrogen and oxygen atoms in total. The zero-order chi connectivity index (χ0) is 10.9. The summed E-state index contributed by atoms with van der Waals surface area (Å²) in [5, 5.41) is 0. The Kier molecular flexibility index (Phi) is 6.21. The van der Waals surface area contributed by atoms with Gasteiger partial charge < -0.3 is 0 Å². The van der Waals surface area contributed by atoms with Crippen LogP contribution in [0.4, 0.5) is 0 Å². The molecular formula is C13H19NS. The van der Waals surface area contributed by atoms with Crippen molar-refractivity contribution in [3.8, 4) is 0 Å². The largest absolute Gasteiger partial charge is 0.296 e. The highest BCUT2D eigenvalue weighted by Crippen LogP contribution is 2.03. The average Bonchev–Trinajstić information content (AvgIpc) is 2.29. The number of nitrogens with zero attached hydrogens (tertiary/aromatic N) is 1. The van der Waals surface area contributed by atoms with E-state index in [1.807, 2.05) is 0 Å². The minimum atomic E-state index is 0.822. The molecule has 0 amide bonds. The fourth-order valence-electron chi connectivity index (χ4n) is 1.45. The molecule has 0 N–H and O–H groups in total. The molecular weight excluding hydrogens is 202 g/mol. The van der Waals surface area contributed by atoms with Gasteiger partial charge in [-0.05, 0) is 12.1 Å². The molecule has 15 heavy (non-hydrogen) atoms. The summed E-state index contributed by atoms with van der Waals surface area (Å²) in [6.07, 6.45) is 4.27. The van der Waals surface area contributed by atoms with Crippen LogP contribution in [0, 0.1) is 0 Å². The van der Waals surface area contributed by atoms with E-state index in [-0.39, 0.29) is 0 Å². The molecule has 1 aromatic carbocycles. The van der Waals surface area contributed by atoms with Crippen LogP contribution in [-0.4, -0.2) is 23.7 Å². The Morgan fingerprint density at radius 1 is 1.20 bits per heavy atom. The zero-order valence-corrected chi connectivity index (χ0v) is 10.2. The molecule has 82 valence electrons. The first-order valence-electron chi connectivity index (χ1n) is 5.39. The first kappa shape index (κ1) is 12.3. The molecule has 2 heteroatoms. The molecule has 0 saturated carbocycles. The van der Waals surface area contributed by atoms with Crippen molar-refractivity contribution in [3.63, 3.8) is 0 Å². The molecule has 0 saturated heterocycles. The lowest BCUT2D eigenvalue weighted by atomic mass is 10.2. The van der Waals surface area contributed by atoms with E-state index in [2.05, 4.69) is 66.9 Å². The average molecular weight is 221 g/mol. The van der Waals surface area contributed by atoms with Crippen molar-refractivity contribution in [2.45, 2.75) is 13.5 Å². The first-order valence-corrected chi connectivity index (χ1v) is 6.02. The summed E-state index contributed by atoms with van der Waals surface area (Å²) in [4.78, 5) is 2.40. The van der Waals surface area contributed by atoms with Crippen molar-refractivity contribution in [3.05, 3.63) is 48.0 Å². The van der Waals surface area contributed by atoms with Gasteiger partial charge in [0.2, 0.25) is 0 Å². The summed E-state index contributed by atoms with van der Waals surface area (Å²) in [5.74, 6) is 0.822. The van der Waals surface area contributed by atoms with Crippen LogP contribution < -0.4 is 0 Å². The Morgan fingerprint density at radius 2 is 1.93 bits per heavy atom. The SMILES string of the molecule is CCN(CC=CCS)Cc1ccccc1. The first-order chi connectivity index (χ1) is 7.36. The Bertz CT molecular complexity index is 282. The summed E-state index contributed by atoms with van der Waals surface area (Å²) in [6, 6.07) is 10.6. The molecule has 0 aliphatic carbocycles. The third-order valence-corrected chi connectivity index (χ3v) is 2.54. The van der Waals surface area contributed by atoms with Gasteiger partial charge in [0.25, 0.3) is 0 Å². The van der Waals surface area contributed by atoms with Crippen LogP contribution in [0.5, 0.6) is 0 Å². The minimum Gasteiger partial charge on any atom is -0.296 e. The van der Waals surface area contributed by atoms with Gasteiger partial charge in [-0.2, -0.15) is 12.6 Å². The van der Waals surface area contributed by atoms with Crippen molar-refractivity contribution >= 4 is 12.6 Å². The second-order valence-electron chi connectivity index (χ2n) is 3.47. The van der Waals surface area contributed by atoms with Gasteiger partial charge in [0.05, 0.1) is 0 Å². The fourth-order valence-corrected chi connectivity index (χ4v) is 1.59. The van der Waals surface area contributed by atoms with E-state index >= 15 is 0 Å². The summed E-state index contributed by atoms with van der Waals surface area (Å²) in [6.45, 7) is 5.30. The third kappa shape index (κ3) is 5.05. The Labute approximate surface area is 98.2 Å².